The van der Waals surface area contributed by atoms with Gasteiger partial charge in [-0.15, -0.1) is 0 Å². The molecule has 0 fully saturated rings. The minimum absolute atomic E-state index is 0.0807. The Morgan fingerprint density at radius 2 is 1.58 bits per heavy atom. The van der Waals surface area contributed by atoms with Gasteiger partial charge >= 0.3 is 5.97 Å². The molecule has 0 radical (unpaired) electrons. The molecule has 3 aromatic carbocycles. The van der Waals surface area contributed by atoms with Crippen LogP contribution in [0.2, 0.25) is 10.0 Å². The quantitative estimate of drug-likeness (QED) is 0.161. The third-order valence-electron chi connectivity index (χ3n) is 5.48. The highest BCUT2D eigenvalue weighted by molar-refractivity contribution is 6.42. The zero-order chi connectivity index (χ0) is 26.6. The molecule has 0 aliphatic rings. The Labute approximate surface area is 218 Å². The molecule has 0 aliphatic heterocycles. The monoisotopic (exact) mass is 525 g/mol. The molecule has 3 rings (SSSR count). The van der Waals surface area contributed by atoms with Crippen molar-refractivity contribution in [2.45, 2.75) is 13.8 Å². The van der Waals surface area contributed by atoms with Gasteiger partial charge < -0.3 is 21.3 Å². The van der Waals surface area contributed by atoms with E-state index in [0.29, 0.717) is 21.4 Å². The summed E-state index contributed by atoms with van der Waals surface area (Å²) >= 11 is 12.6. The predicted octanol–water partition coefficient (Wildman–Crippen LogP) is 5.67. The van der Waals surface area contributed by atoms with Crippen LogP contribution in [0.15, 0.2) is 66.2 Å². The average molecular weight is 526 g/mol. The Bertz CT molecular complexity index is 1350. The molecule has 0 bridgehead atoms. The Morgan fingerprint density at radius 1 is 1.00 bits per heavy atom. The van der Waals surface area contributed by atoms with Gasteiger partial charge in [-0.2, -0.15) is 0 Å². The third-order valence-corrected chi connectivity index (χ3v) is 6.11. The number of carboxylic acid groups (broad SMARTS) is 1. The topological polar surface area (TPSA) is 139 Å². The summed E-state index contributed by atoms with van der Waals surface area (Å²) in [6, 6.07) is 16.9. The summed E-state index contributed by atoms with van der Waals surface area (Å²) in [5.41, 5.74) is 14.5. The molecule has 0 spiro atoms. The van der Waals surface area contributed by atoms with Crippen LogP contribution in [-0.4, -0.2) is 29.2 Å². The summed E-state index contributed by atoms with van der Waals surface area (Å²) in [5, 5.41) is 17.3. The van der Waals surface area contributed by atoms with Gasteiger partial charge in [-0.05, 0) is 47.5 Å². The molecule has 186 valence electrons. The Kier molecular flexibility index (Phi) is 8.40. The molecule has 0 saturated carbocycles. The largest absolute Gasteiger partial charge is 0.489 e. The number of carbonyl (C=O) groups is 2. The normalized spacial score (nSPS) is 11.7. The molecule has 7 nitrogen and oxygen atoms in total. The first-order valence-electron chi connectivity index (χ1n) is 10.9. The lowest BCUT2D eigenvalue weighted by atomic mass is 9.97. The van der Waals surface area contributed by atoms with Crippen LogP contribution in [0.4, 0.5) is 5.69 Å². The highest BCUT2D eigenvalue weighted by atomic mass is 35.5. The van der Waals surface area contributed by atoms with Crippen molar-refractivity contribution in [1.82, 2.24) is 0 Å². The highest BCUT2D eigenvalue weighted by Gasteiger charge is 2.22. The number of anilines is 1. The number of nitrogens with two attached hydrogens (primary N) is 2. The van der Waals surface area contributed by atoms with E-state index in [4.69, 9.17) is 49.9 Å². The zero-order valence-corrected chi connectivity index (χ0v) is 21.2. The van der Waals surface area contributed by atoms with Crippen LogP contribution in [0.3, 0.4) is 0 Å². The molecular weight excluding hydrogens is 501 g/mol. The summed E-state index contributed by atoms with van der Waals surface area (Å²) < 4.78 is 5.89. The number of benzene rings is 3. The minimum atomic E-state index is -1.35. The van der Waals surface area contributed by atoms with E-state index in [1.807, 2.05) is 0 Å². The number of rotatable bonds is 9. The average Bonchev–Trinajstić information content (AvgIpc) is 2.83. The number of nitrogen functional groups attached to an aromatic ring is 1. The fourth-order valence-corrected chi connectivity index (χ4v) is 4.12. The number of carboxylic acids is 1. The maximum absolute atomic E-state index is 12.9. The van der Waals surface area contributed by atoms with E-state index in [1.54, 1.807) is 68.4 Å². The molecule has 0 atom stereocenters. The van der Waals surface area contributed by atoms with Gasteiger partial charge in [0.2, 0.25) is 0 Å². The van der Waals surface area contributed by atoms with Crippen molar-refractivity contribution in [2.75, 3.05) is 12.3 Å². The number of aliphatic carboxylic acids is 1. The van der Waals surface area contributed by atoms with Gasteiger partial charge in [0.25, 0.3) is 0 Å². The molecule has 6 N–H and O–H groups in total. The van der Waals surface area contributed by atoms with Crippen LogP contribution in [-0.2, 0) is 9.59 Å². The maximum Gasteiger partial charge on any atom is 0.354 e. The van der Waals surface area contributed by atoms with Crippen molar-refractivity contribution in [1.29, 1.82) is 5.41 Å². The third kappa shape index (κ3) is 5.87. The van der Waals surface area contributed by atoms with Crippen molar-refractivity contribution in [3.63, 3.8) is 0 Å². The van der Waals surface area contributed by atoms with Gasteiger partial charge in [0, 0.05) is 22.7 Å². The summed E-state index contributed by atoms with van der Waals surface area (Å²) in [6.45, 7) is 3.46. The van der Waals surface area contributed by atoms with Crippen LogP contribution in [0.1, 0.15) is 25.0 Å². The fraction of sp³-hybridized carbons (Fsp3) is 0.148. The molecule has 0 aliphatic carbocycles. The summed E-state index contributed by atoms with van der Waals surface area (Å²) in [4.78, 5) is 24.0. The van der Waals surface area contributed by atoms with E-state index in [0.717, 1.165) is 11.1 Å². The van der Waals surface area contributed by atoms with Crippen LogP contribution in [0, 0.1) is 11.3 Å². The molecule has 9 heteroatoms. The van der Waals surface area contributed by atoms with Crippen molar-refractivity contribution >= 4 is 52.1 Å². The number of halogens is 2. The summed E-state index contributed by atoms with van der Waals surface area (Å²) in [7, 11) is 0. The van der Waals surface area contributed by atoms with E-state index < -0.39 is 11.7 Å². The van der Waals surface area contributed by atoms with E-state index in [-0.39, 0.29) is 40.8 Å². The second-order valence-electron chi connectivity index (χ2n) is 8.30. The zero-order valence-electron chi connectivity index (χ0n) is 19.6. The Balaban J connectivity index is 1.85. The van der Waals surface area contributed by atoms with E-state index >= 15 is 0 Å². The van der Waals surface area contributed by atoms with Crippen LogP contribution in [0.5, 0.6) is 5.75 Å². The van der Waals surface area contributed by atoms with Gasteiger partial charge in [0.1, 0.15) is 18.1 Å². The minimum Gasteiger partial charge on any atom is -0.489 e. The van der Waals surface area contributed by atoms with Crippen molar-refractivity contribution < 1.29 is 19.4 Å². The lowest BCUT2D eigenvalue weighted by Gasteiger charge is -2.16. The van der Waals surface area contributed by atoms with Crippen molar-refractivity contribution in [3.05, 3.63) is 87.4 Å². The van der Waals surface area contributed by atoms with Gasteiger partial charge in [-0.25, -0.2) is 4.79 Å². The molecule has 0 saturated heterocycles. The molecule has 3 aromatic rings. The molecule has 36 heavy (non-hydrogen) atoms. The lowest BCUT2D eigenvalue weighted by Crippen LogP contribution is -2.21. The van der Waals surface area contributed by atoms with Crippen LogP contribution >= 0.6 is 23.2 Å². The van der Waals surface area contributed by atoms with Crippen LogP contribution in [0.25, 0.3) is 16.8 Å². The fourth-order valence-electron chi connectivity index (χ4n) is 3.52. The summed E-state index contributed by atoms with van der Waals surface area (Å²) in [5.74, 6) is -1.34. The number of Topliss-reactive ketones (excluding diaryl/α,β-unsaturated/α-hetero) is 1. The van der Waals surface area contributed by atoms with Crippen molar-refractivity contribution in [2.24, 2.45) is 11.7 Å². The van der Waals surface area contributed by atoms with Gasteiger partial charge in [0.05, 0.1) is 21.3 Å². The summed E-state index contributed by atoms with van der Waals surface area (Å²) in [6.07, 6.45) is 0. The van der Waals surface area contributed by atoms with E-state index in [9.17, 15) is 9.59 Å². The number of hydrogen-bond acceptors (Lipinski definition) is 6. The molecule has 0 heterocycles. The lowest BCUT2D eigenvalue weighted by molar-refractivity contribution is -0.129. The number of ether oxygens (including phenoxy) is 1. The number of ketones is 1. The smallest absolute Gasteiger partial charge is 0.354 e. The Hall–Kier alpha value is -3.81. The second kappa shape index (κ2) is 11.3. The van der Waals surface area contributed by atoms with Gasteiger partial charge in [-0.1, -0.05) is 61.3 Å². The first kappa shape index (κ1) is 26.8. The van der Waals surface area contributed by atoms with Gasteiger partial charge in [-0.3, -0.25) is 10.2 Å². The van der Waals surface area contributed by atoms with Gasteiger partial charge in [0.15, 0.2) is 5.78 Å². The number of carbonyl (C=O) groups excluding carboxylic acids is 1. The molecule has 0 aromatic heterocycles. The second-order valence-corrected chi connectivity index (χ2v) is 9.12. The molecule has 0 amide bonds. The number of nitrogens with one attached hydrogen (secondary N) is 1. The SMILES string of the molecule is CC(C)C(=O)/C(COc1ccc(-c2ccc(C(=N)C(=O)O)c(N)c2)cc1)=C(\N)c1c(Cl)cccc1Cl. The van der Waals surface area contributed by atoms with E-state index in [2.05, 4.69) is 0 Å². The maximum atomic E-state index is 12.9. The predicted molar refractivity (Wildman–Crippen MR) is 144 cm³/mol. The van der Waals surface area contributed by atoms with Crippen molar-refractivity contribution in [3.8, 4) is 16.9 Å². The first-order valence-corrected chi connectivity index (χ1v) is 11.7. The standard InChI is InChI=1S/C27H25Cl2N3O4/c1-14(2)26(33)19(24(31)23-20(28)4-3-5-21(23)29)13-36-17-9-6-15(7-10-17)16-8-11-18(22(30)12-16)25(32)27(34)35/h3-12,14,32H,13,30-31H2,1-2H3,(H,34,35)/b24-19-,32-25?. The molecular formula is C27H25Cl2N3O4. The molecule has 0 unspecified atom stereocenters. The first-order chi connectivity index (χ1) is 17.0. The number of hydrogen-bond donors (Lipinski definition) is 4. The highest BCUT2D eigenvalue weighted by Crippen LogP contribution is 2.32. The van der Waals surface area contributed by atoms with E-state index in [1.165, 1.54) is 6.07 Å². The Morgan fingerprint density at radius 3 is 2.11 bits per heavy atom. The van der Waals surface area contributed by atoms with Crippen LogP contribution < -0.4 is 16.2 Å².